The second-order valence-electron chi connectivity index (χ2n) is 8.18. The van der Waals surface area contributed by atoms with Gasteiger partial charge in [-0.3, -0.25) is 19.0 Å². The summed E-state index contributed by atoms with van der Waals surface area (Å²) < 4.78 is 40.5. The molecule has 1 amide bonds. The second-order valence-corrected chi connectivity index (χ2v) is 8.18. The summed E-state index contributed by atoms with van der Waals surface area (Å²) in [5, 5.41) is 2.09. The lowest BCUT2D eigenvalue weighted by molar-refractivity contribution is -0.148. The van der Waals surface area contributed by atoms with E-state index >= 15 is 0 Å². The summed E-state index contributed by atoms with van der Waals surface area (Å²) in [6.07, 6.45) is 1.41. The first kappa shape index (κ1) is 26.4. The Morgan fingerprint density at radius 2 is 1.82 bits per heavy atom. The van der Waals surface area contributed by atoms with Crippen LogP contribution in [0.3, 0.4) is 0 Å². The number of benzene rings is 2. The Morgan fingerprint density at radius 1 is 1.05 bits per heavy atom. The molecule has 0 unspecified atom stereocenters. The average molecular weight is 527 g/mol. The van der Waals surface area contributed by atoms with Gasteiger partial charge in [0.2, 0.25) is 0 Å². The van der Waals surface area contributed by atoms with Gasteiger partial charge in [-0.1, -0.05) is 30.3 Å². The topological polar surface area (TPSA) is 126 Å². The first-order valence-corrected chi connectivity index (χ1v) is 11.4. The fourth-order valence-electron chi connectivity index (χ4n) is 3.75. The summed E-state index contributed by atoms with van der Waals surface area (Å²) in [5.41, 5.74) is -1.01. The maximum atomic E-state index is 13.7. The Morgan fingerprint density at radius 3 is 2.55 bits per heavy atom. The SMILES string of the molecule is COCCn1cnc2c1c(=O)n(CC(=O)OCC(=O)Nc1cc(F)ccc1F)c(=O)n2Cc1ccccc1. The normalized spacial score (nSPS) is 11.0. The summed E-state index contributed by atoms with van der Waals surface area (Å²) >= 11 is 0. The third-order valence-electron chi connectivity index (χ3n) is 5.56. The van der Waals surface area contributed by atoms with E-state index < -0.39 is 53.6 Å². The van der Waals surface area contributed by atoms with Crippen LogP contribution in [0.25, 0.3) is 11.2 Å². The van der Waals surface area contributed by atoms with Gasteiger partial charge in [-0.05, 0) is 17.7 Å². The van der Waals surface area contributed by atoms with Crippen LogP contribution in [0.1, 0.15) is 5.56 Å². The van der Waals surface area contributed by atoms with E-state index in [0.29, 0.717) is 4.57 Å². The number of aromatic nitrogens is 4. The number of ether oxygens (including phenoxy) is 2. The quantitative estimate of drug-likeness (QED) is 0.310. The molecule has 0 spiro atoms. The van der Waals surface area contributed by atoms with Crippen molar-refractivity contribution in [2.75, 3.05) is 25.6 Å². The molecule has 0 atom stereocenters. The Kier molecular flexibility index (Phi) is 8.06. The zero-order valence-corrected chi connectivity index (χ0v) is 20.2. The van der Waals surface area contributed by atoms with Crippen molar-refractivity contribution in [3.8, 4) is 0 Å². The number of fused-ring (bicyclic) bond motifs is 1. The highest BCUT2D eigenvalue weighted by atomic mass is 19.1. The van der Waals surface area contributed by atoms with Crippen molar-refractivity contribution < 1.29 is 27.8 Å². The van der Waals surface area contributed by atoms with Crippen molar-refractivity contribution in [3.63, 3.8) is 0 Å². The molecule has 0 radical (unpaired) electrons. The van der Waals surface area contributed by atoms with Gasteiger partial charge in [0, 0.05) is 19.7 Å². The van der Waals surface area contributed by atoms with Gasteiger partial charge in [-0.25, -0.2) is 23.1 Å². The van der Waals surface area contributed by atoms with Crippen LogP contribution in [-0.2, 0) is 38.7 Å². The van der Waals surface area contributed by atoms with E-state index in [-0.39, 0.29) is 30.9 Å². The minimum Gasteiger partial charge on any atom is -0.454 e. The number of rotatable bonds is 10. The van der Waals surface area contributed by atoms with Crippen LogP contribution in [0.5, 0.6) is 0 Å². The van der Waals surface area contributed by atoms with Gasteiger partial charge in [-0.15, -0.1) is 0 Å². The molecule has 4 aromatic rings. The number of carbonyl (C=O) groups excluding carboxylic acids is 2. The van der Waals surface area contributed by atoms with Crippen LogP contribution in [0.2, 0.25) is 0 Å². The number of hydrogen-bond donors (Lipinski definition) is 1. The summed E-state index contributed by atoms with van der Waals surface area (Å²) in [7, 11) is 1.50. The number of imidazole rings is 1. The lowest BCUT2D eigenvalue weighted by Crippen LogP contribution is -2.43. The summed E-state index contributed by atoms with van der Waals surface area (Å²) in [4.78, 5) is 55.4. The van der Waals surface area contributed by atoms with Gasteiger partial charge in [0.1, 0.15) is 18.2 Å². The molecule has 1 N–H and O–H groups in total. The van der Waals surface area contributed by atoms with Crippen LogP contribution in [0, 0.1) is 11.6 Å². The second kappa shape index (κ2) is 11.6. The molecule has 11 nitrogen and oxygen atoms in total. The minimum absolute atomic E-state index is 0.0778. The lowest BCUT2D eigenvalue weighted by atomic mass is 10.2. The third kappa shape index (κ3) is 5.83. The first-order valence-electron chi connectivity index (χ1n) is 11.4. The van der Waals surface area contributed by atoms with E-state index in [1.54, 1.807) is 24.3 Å². The largest absolute Gasteiger partial charge is 0.454 e. The zero-order valence-electron chi connectivity index (χ0n) is 20.2. The highest BCUT2D eigenvalue weighted by Crippen LogP contribution is 2.15. The van der Waals surface area contributed by atoms with Crippen molar-refractivity contribution in [1.82, 2.24) is 18.7 Å². The van der Waals surface area contributed by atoms with Gasteiger partial charge < -0.3 is 19.4 Å². The highest BCUT2D eigenvalue weighted by Gasteiger charge is 2.21. The summed E-state index contributed by atoms with van der Waals surface area (Å²) in [6.45, 7) is -1.03. The Balaban J connectivity index is 1.59. The maximum Gasteiger partial charge on any atom is 0.333 e. The number of anilines is 1. The molecule has 198 valence electrons. The van der Waals surface area contributed by atoms with E-state index in [1.807, 2.05) is 6.07 Å². The van der Waals surface area contributed by atoms with Crippen LogP contribution in [0.4, 0.5) is 14.5 Å². The standard InChI is InChI=1S/C25H23F2N5O6/c1-37-10-9-30-15-28-23-22(30)24(35)32(25(36)31(23)12-16-5-3-2-4-6-16)13-21(34)38-14-20(33)29-19-11-17(26)7-8-18(19)27/h2-8,11,15H,9-10,12-14H2,1H3,(H,29,33). The van der Waals surface area contributed by atoms with Gasteiger partial charge >= 0.3 is 11.7 Å². The van der Waals surface area contributed by atoms with E-state index in [2.05, 4.69) is 10.3 Å². The lowest BCUT2D eigenvalue weighted by Gasteiger charge is -2.13. The molecule has 13 heteroatoms. The van der Waals surface area contributed by atoms with E-state index in [9.17, 15) is 28.0 Å². The van der Waals surface area contributed by atoms with Gasteiger partial charge in [0.15, 0.2) is 17.8 Å². The van der Waals surface area contributed by atoms with Crippen molar-refractivity contribution in [2.24, 2.45) is 0 Å². The minimum atomic E-state index is -1.06. The molecule has 2 heterocycles. The molecule has 0 aliphatic carbocycles. The van der Waals surface area contributed by atoms with Crippen LogP contribution in [-0.4, -0.2) is 50.9 Å². The zero-order chi connectivity index (χ0) is 27.2. The number of esters is 1. The molecule has 4 rings (SSSR count). The molecular weight excluding hydrogens is 504 g/mol. The molecule has 0 saturated heterocycles. The van der Waals surface area contributed by atoms with Crippen LogP contribution >= 0.6 is 0 Å². The van der Waals surface area contributed by atoms with Gasteiger partial charge in [0.25, 0.3) is 11.5 Å². The molecule has 0 saturated carbocycles. The number of amides is 1. The van der Waals surface area contributed by atoms with Gasteiger partial charge in [-0.2, -0.15) is 0 Å². The van der Waals surface area contributed by atoms with E-state index in [1.165, 1.54) is 22.6 Å². The molecular formula is C25H23F2N5O6. The van der Waals surface area contributed by atoms with E-state index in [0.717, 1.165) is 23.8 Å². The Labute approximate surface area is 213 Å². The fraction of sp³-hybridized carbons (Fsp3) is 0.240. The molecule has 0 fully saturated rings. The van der Waals surface area contributed by atoms with Crippen molar-refractivity contribution in [2.45, 2.75) is 19.6 Å². The predicted octanol–water partition coefficient (Wildman–Crippen LogP) is 1.51. The highest BCUT2D eigenvalue weighted by molar-refractivity contribution is 5.92. The van der Waals surface area contributed by atoms with Crippen molar-refractivity contribution in [3.05, 3.63) is 92.9 Å². The number of hydrogen-bond acceptors (Lipinski definition) is 7. The molecule has 0 aliphatic rings. The molecule has 2 aromatic carbocycles. The fourth-order valence-corrected chi connectivity index (χ4v) is 3.75. The average Bonchev–Trinajstić information content (AvgIpc) is 3.33. The molecule has 2 aromatic heterocycles. The van der Waals surface area contributed by atoms with E-state index in [4.69, 9.17) is 9.47 Å². The number of nitrogens with zero attached hydrogens (tertiary/aromatic N) is 4. The van der Waals surface area contributed by atoms with Crippen molar-refractivity contribution in [1.29, 1.82) is 0 Å². The number of halogens is 2. The molecule has 0 bridgehead atoms. The molecule has 38 heavy (non-hydrogen) atoms. The third-order valence-corrected chi connectivity index (χ3v) is 5.56. The number of nitrogens with one attached hydrogen (secondary N) is 1. The van der Waals surface area contributed by atoms with Gasteiger partial charge in [0.05, 0.1) is 25.2 Å². The van der Waals surface area contributed by atoms with Crippen LogP contribution in [0.15, 0.2) is 64.4 Å². The van der Waals surface area contributed by atoms with Crippen LogP contribution < -0.4 is 16.6 Å². The first-order chi connectivity index (χ1) is 18.3. The number of carbonyl (C=O) groups is 2. The summed E-state index contributed by atoms with van der Waals surface area (Å²) in [5.74, 6) is -3.66. The smallest absolute Gasteiger partial charge is 0.333 e. The maximum absolute atomic E-state index is 13.7. The monoisotopic (exact) mass is 527 g/mol. The Hall–Kier alpha value is -4.65. The molecule has 0 aliphatic heterocycles. The predicted molar refractivity (Wildman–Crippen MR) is 132 cm³/mol. The summed E-state index contributed by atoms with van der Waals surface area (Å²) in [6, 6.07) is 11.5. The number of methoxy groups -OCH3 is 1. The Bertz CT molecular complexity index is 1600. The van der Waals surface area contributed by atoms with Crippen molar-refractivity contribution >= 4 is 28.7 Å².